The summed E-state index contributed by atoms with van der Waals surface area (Å²) >= 11 is 3.42. The van der Waals surface area contributed by atoms with E-state index in [1.165, 1.54) is 0 Å². The first-order chi connectivity index (χ1) is 8.70. The second-order valence-electron chi connectivity index (χ2n) is 3.88. The summed E-state index contributed by atoms with van der Waals surface area (Å²) in [4.78, 5) is 4.18. The Kier molecular flexibility index (Phi) is 4.19. The van der Waals surface area contributed by atoms with Crippen molar-refractivity contribution in [2.75, 3.05) is 5.73 Å². The molecule has 2 aromatic rings. The number of hydrogen-bond donors (Lipinski definition) is 1. The lowest BCUT2D eigenvalue weighted by Gasteiger charge is -2.09. The molecule has 2 rings (SSSR count). The monoisotopic (exact) mass is 310 g/mol. The van der Waals surface area contributed by atoms with Crippen LogP contribution < -0.4 is 10.5 Å². The Labute approximate surface area is 114 Å². The van der Waals surface area contributed by atoms with E-state index in [-0.39, 0.29) is 0 Å². The molecule has 0 fully saturated rings. The molecule has 18 heavy (non-hydrogen) atoms. The maximum Gasteiger partial charge on any atom is 0.164 e. The first-order valence-corrected chi connectivity index (χ1v) is 6.54. The predicted octanol–water partition coefficient (Wildman–Crippen LogP) is 2.61. The molecule has 2 N–H and O–H groups in total. The quantitative estimate of drug-likeness (QED) is 0.862. The van der Waals surface area contributed by atoms with E-state index < -0.39 is 0 Å². The van der Waals surface area contributed by atoms with Crippen molar-refractivity contribution in [1.82, 2.24) is 14.8 Å². The third kappa shape index (κ3) is 3.01. The lowest BCUT2D eigenvalue weighted by atomic mass is 10.3. The highest BCUT2D eigenvalue weighted by Gasteiger charge is 2.06. The summed E-state index contributed by atoms with van der Waals surface area (Å²) in [5, 5.41) is 4.15. The molecular weight excluding hydrogens is 296 g/mol. The van der Waals surface area contributed by atoms with Gasteiger partial charge in [-0.1, -0.05) is 6.92 Å². The number of anilines is 1. The fourth-order valence-corrected chi connectivity index (χ4v) is 1.93. The van der Waals surface area contributed by atoms with Gasteiger partial charge in [0.25, 0.3) is 0 Å². The van der Waals surface area contributed by atoms with Crippen molar-refractivity contribution in [3.63, 3.8) is 0 Å². The Morgan fingerprint density at radius 1 is 1.44 bits per heavy atom. The van der Waals surface area contributed by atoms with Gasteiger partial charge in [0.1, 0.15) is 18.7 Å². The summed E-state index contributed by atoms with van der Waals surface area (Å²) in [7, 11) is 0. The van der Waals surface area contributed by atoms with Crippen LogP contribution in [0.4, 0.5) is 5.69 Å². The van der Waals surface area contributed by atoms with Crippen LogP contribution in [0.1, 0.15) is 19.2 Å². The van der Waals surface area contributed by atoms with Crippen LogP contribution >= 0.6 is 15.9 Å². The molecular formula is C12H15BrN4O. The highest BCUT2D eigenvalue weighted by Crippen LogP contribution is 2.27. The van der Waals surface area contributed by atoms with Crippen LogP contribution in [0.2, 0.25) is 0 Å². The fraction of sp³-hybridized carbons (Fsp3) is 0.333. The molecule has 1 heterocycles. The average Bonchev–Trinajstić information content (AvgIpc) is 2.78. The van der Waals surface area contributed by atoms with Gasteiger partial charge in [0.15, 0.2) is 5.82 Å². The smallest absolute Gasteiger partial charge is 0.164 e. The van der Waals surface area contributed by atoms with Gasteiger partial charge in [0.2, 0.25) is 0 Å². The summed E-state index contributed by atoms with van der Waals surface area (Å²) in [6, 6.07) is 5.46. The van der Waals surface area contributed by atoms with Crippen molar-refractivity contribution in [3.05, 3.63) is 34.8 Å². The predicted molar refractivity (Wildman–Crippen MR) is 73.2 cm³/mol. The van der Waals surface area contributed by atoms with Crippen LogP contribution in [0.15, 0.2) is 29.0 Å². The molecule has 1 aromatic carbocycles. The highest BCUT2D eigenvalue weighted by molar-refractivity contribution is 9.10. The van der Waals surface area contributed by atoms with Gasteiger partial charge in [-0.05, 0) is 34.5 Å². The maximum absolute atomic E-state index is 5.72. The standard InChI is InChI=1S/C12H15BrN4O/c1-2-5-17-12(15-8-16-17)7-18-11-6-9(14)3-4-10(11)13/h3-4,6,8H,2,5,7,14H2,1H3. The highest BCUT2D eigenvalue weighted by atomic mass is 79.9. The minimum absolute atomic E-state index is 0.377. The lowest BCUT2D eigenvalue weighted by Crippen LogP contribution is -2.08. The molecule has 0 aliphatic rings. The van der Waals surface area contributed by atoms with E-state index in [1.54, 1.807) is 12.4 Å². The number of benzene rings is 1. The van der Waals surface area contributed by atoms with Crippen molar-refractivity contribution in [1.29, 1.82) is 0 Å². The average molecular weight is 311 g/mol. The fourth-order valence-electron chi connectivity index (χ4n) is 1.57. The number of rotatable bonds is 5. The molecule has 5 nitrogen and oxygen atoms in total. The largest absolute Gasteiger partial charge is 0.484 e. The molecule has 0 aliphatic heterocycles. The van der Waals surface area contributed by atoms with Gasteiger partial charge in [-0.25, -0.2) is 9.67 Å². The van der Waals surface area contributed by atoms with Gasteiger partial charge in [-0.3, -0.25) is 0 Å². The van der Waals surface area contributed by atoms with Crippen molar-refractivity contribution < 1.29 is 4.74 Å². The number of hydrogen-bond acceptors (Lipinski definition) is 4. The Hall–Kier alpha value is -1.56. The van der Waals surface area contributed by atoms with Gasteiger partial charge >= 0.3 is 0 Å². The Morgan fingerprint density at radius 3 is 3.06 bits per heavy atom. The van der Waals surface area contributed by atoms with Gasteiger partial charge in [-0.2, -0.15) is 5.10 Å². The van der Waals surface area contributed by atoms with E-state index in [0.29, 0.717) is 18.0 Å². The molecule has 6 heteroatoms. The molecule has 0 radical (unpaired) electrons. The van der Waals surface area contributed by atoms with Crippen LogP contribution in [-0.2, 0) is 13.2 Å². The number of halogens is 1. The topological polar surface area (TPSA) is 66.0 Å². The summed E-state index contributed by atoms with van der Waals surface area (Å²) in [5.74, 6) is 1.52. The number of nitrogens with zero attached hydrogens (tertiary/aromatic N) is 3. The van der Waals surface area contributed by atoms with Gasteiger partial charge in [-0.15, -0.1) is 0 Å². The zero-order valence-corrected chi connectivity index (χ0v) is 11.7. The van der Waals surface area contributed by atoms with Crippen LogP contribution in [0.5, 0.6) is 5.75 Å². The van der Waals surface area contributed by atoms with E-state index >= 15 is 0 Å². The molecule has 1 aromatic heterocycles. The van der Waals surface area contributed by atoms with E-state index in [9.17, 15) is 0 Å². The van der Waals surface area contributed by atoms with E-state index in [0.717, 1.165) is 23.3 Å². The molecule has 0 aliphatic carbocycles. The van der Waals surface area contributed by atoms with Crippen LogP contribution in [0, 0.1) is 0 Å². The maximum atomic E-state index is 5.72. The van der Waals surface area contributed by atoms with Crippen LogP contribution in [0.3, 0.4) is 0 Å². The molecule has 96 valence electrons. The van der Waals surface area contributed by atoms with Gasteiger partial charge in [0, 0.05) is 18.3 Å². The molecule has 0 amide bonds. The number of aromatic nitrogens is 3. The minimum atomic E-state index is 0.377. The van der Waals surface area contributed by atoms with E-state index in [1.807, 2.05) is 16.8 Å². The lowest BCUT2D eigenvalue weighted by molar-refractivity contribution is 0.284. The zero-order valence-electron chi connectivity index (χ0n) is 10.1. The SMILES string of the molecule is CCCn1ncnc1COc1cc(N)ccc1Br. The van der Waals surface area contributed by atoms with Crippen molar-refractivity contribution in [2.45, 2.75) is 26.5 Å². The van der Waals surface area contributed by atoms with Crippen LogP contribution in [0.25, 0.3) is 0 Å². The van der Waals surface area contributed by atoms with E-state index in [2.05, 4.69) is 32.9 Å². The number of nitrogen functional groups attached to an aromatic ring is 1. The number of nitrogens with two attached hydrogens (primary N) is 1. The first-order valence-electron chi connectivity index (χ1n) is 5.75. The minimum Gasteiger partial charge on any atom is -0.484 e. The molecule has 0 bridgehead atoms. The third-order valence-electron chi connectivity index (χ3n) is 2.44. The second-order valence-corrected chi connectivity index (χ2v) is 4.73. The summed E-state index contributed by atoms with van der Waals surface area (Å²) in [5.41, 5.74) is 6.39. The Bertz CT molecular complexity index is 527. The third-order valence-corrected chi connectivity index (χ3v) is 3.10. The summed E-state index contributed by atoms with van der Waals surface area (Å²) in [6.45, 7) is 3.32. The molecule has 0 saturated heterocycles. The van der Waals surface area contributed by atoms with Gasteiger partial charge < -0.3 is 10.5 Å². The Balaban J connectivity index is 2.06. The first kappa shape index (κ1) is 12.9. The second kappa shape index (κ2) is 5.86. The van der Waals surface area contributed by atoms with Crippen molar-refractivity contribution >= 4 is 21.6 Å². The number of aryl methyl sites for hydroxylation is 1. The molecule has 0 spiro atoms. The molecule has 0 atom stereocenters. The normalized spacial score (nSPS) is 10.6. The van der Waals surface area contributed by atoms with Crippen molar-refractivity contribution in [3.8, 4) is 5.75 Å². The Morgan fingerprint density at radius 2 is 2.28 bits per heavy atom. The summed E-state index contributed by atoms with van der Waals surface area (Å²) in [6.07, 6.45) is 2.56. The van der Waals surface area contributed by atoms with Gasteiger partial charge in [0.05, 0.1) is 4.47 Å². The molecule has 0 saturated carbocycles. The summed E-state index contributed by atoms with van der Waals surface area (Å²) < 4.78 is 8.42. The van der Waals surface area contributed by atoms with Crippen LogP contribution in [-0.4, -0.2) is 14.8 Å². The van der Waals surface area contributed by atoms with Crippen molar-refractivity contribution in [2.24, 2.45) is 0 Å². The van der Waals surface area contributed by atoms with E-state index in [4.69, 9.17) is 10.5 Å². The zero-order chi connectivity index (χ0) is 13.0. The molecule has 0 unspecified atom stereocenters. The number of ether oxygens (including phenoxy) is 1.